The lowest BCUT2D eigenvalue weighted by Crippen LogP contribution is -2.40. The third-order valence-electron chi connectivity index (χ3n) is 6.95. The SMILES string of the molecule is CCOc1ccc(-c2cn3c(n2)sc2cc(C(=O)NCCCN4CCCC[C@@H]4CC)ccc23)cc1. The zero-order valence-corrected chi connectivity index (χ0v) is 21.4. The van der Waals surface area contributed by atoms with Crippen molar-refractivity contribution in [3.8, 4) is 17.0 Å². The molecule has 7 heteroatoms. The largest absolute Gasteiger partial charge is 0.494 e. The fourth-order valence-electron chi connectivity index (χ4n) is 5.07. The van der Waals surface area contributed by atoms with Crippen molar-refractivity contribution in [2.24, 2.45) is 0 Å². The van der Waals surface area contributed by atoms with Crippen LogP contribution in [0.15, 0.2) is 48.7 Å². The normalized spacial score (nSPS) is 16.7. The highest BCUT2D eigenvalue weighted by Crippen LogP contribution is 2.30. The second-order valence-electron chi connectivity index (χ2n) is 9.22. The number of nitrogens with one attached hydrogen (secondary N) is 1. The maximum atomic E-state index is 12.8. The predicted molar refractivity (Wildman–Crippen MR) is 144 cm³/mol. The van der Waals surface area contributed by atoms with E-state index in [1.54, 1.807) is 11.3 Å². The van der Waals surface area contributed by atoms with Crippen molar-refractivity contribution in [3.05, 3.63) is 54.2 Å². The molecule has 0 unspecified atom stereocenters. The molecule has 4 aromatic rings. The number of fused-ring (bicyclic) bond motifs is 3. The first-order chi connectivity index (χ1) is 17.2. The average molecular weight is 491 g/mol. The molecule has 0 radical (unpaired) electrons. The van der Waals surface area contributed by atoms with Gasteiger partial charge in [-0.25, -0.2) is 4.98 Å². The van der Waals surface area contributed by atoms with E-state index in [1.165, 1.54) is 32.2 Å². The fraction of sp³-hybridized carbons (Fsp3) is 0.429. The monoisotopic (exact) mass is 490 g/mol. The summed E-state index contributed by atoms with van der Waals surface area (Å²) in [4.78, 5) is 21.1. The number of aromatic nitrogens is 2. The topological polar surface area (TPSA) is 58.9 Å². The molecule has 5 rings (SSSR count). The van der Waals surface area contributed by atoms with Crippen molar-refractivity contribution < 1.29 is 9.53 Å². The van der Waals surface area contributed by atoms with Gasteiger partial charge in [-0.1, -0.05) is 24.7 Å². The molecule has 0 saturated carbocycles. The first kappa shape index (κ1) is 23.8. The number of hydrogen-bond donors (Lipinski definition) is 1. The Hall–Kier alpha value is -2.90. The summed E-state index contributed by atoms with van der Waals surface area (Å²) in [5, 5.41) is 3.11. The standard InChI is InChI=1S/C28H34N4O2S/c1-3-22-8-5-6-16-31(22)17-7-15-29-27(33)21-11-14-25-26(18-21)35-28-30-24(19-32(25)28)20-9-12-23(13-10-20)34-4-2/h9-14,18-19,22H,3-8,15-17H2,1-2H3,(H,29,33)/t22-/m0/s1. The Balaban J connectivity index is 1.22. The van der Waals surface area contributed by atoms with Gasteiger partial charge >= 0.3 is 0 Å². The van der Waals surface area contributed by atoms with Crippen LogP contribution in [0.4, 0.5) is 0 Å². The number of carbonyl (C=O) groups is 1. The Labute approximate surface area is 210 Å². The van der Waals surface area contributed by atoms with E-state index < -0.39 is 0 Å². The van der Waals surface area contributed by atoms with Gasteiger partial charge in [0.15, 0.2) is 4.96 Å². The molecule has 1 amide bonds. The van der Waals surface area contributed by atoms with E-state index >= 15 is 0 Å². The van der Waals surface area contributed by atoms with Crippen molar-refractivity contribution in [1.82, 2.24) is 19.6 Å². The summed E-state index contributed by atoms with van der Waals surface area (Å²) in [5.74, 6) is 0.865. The summed E-state index contributed by atoms with van der Waals surface area (Å²) in [6.45, 7) is 7.89. The summed E-state index contributed by atoms with van der Waals surface area (Å²) < 4.78 is 8.71. The van der Waals surface area contributed by atoms with Crippen LogP contribution in [0.2, 0.25) is 0 Å². The van der Waals surface area contributed by atoms with Crippen molar-refractivity contribution in [1.29, 1.82) is 0 Å². The Morgan fingerprint density at radius 2 is 2.03 bits per heavy atom. The molecule has 6 nitrogen and oxygen atoms in total. The Kier molecular flexibility index (Phi) is 7.35. The molecule has 1 saturated heterocycles. The number of rotatable bonds is 9. The number of carbonyl (C=O) groups excluding carboxylic acids is 1. The number of amides is 1. The van der Waals surface area contributed by atoms with Crippen molar-refractivity contribution in [2.75, 3.05) is 26.2 Å². The molecule has 1 aliphatic rings. The van der Waals surface area contributed by atoms with Gasteiger partial charge in [0.05, 0.1) is 22.5 Å². The zero-order valence-electron chi connectivity index (χ0n) is 20.6. The molecule has 35 heavy (non-hydrogen) atoms. The van der Waals surface area contributed by atoms with Gasteiger partial charge in [-0.05, 0) is 81.6 Å². The van der Waals surface area contributed by atoms with Crippen LogP contribution in [0.1, 0.15) is 56.3 Å². The number of nitrogens with zero attached hydrogens (tertiary/aromatic N) is 3. The van der Waals surface area contributed by atoms with E-state index in [0.29, 0.717) is 18.7 Å². The van der Waals surface area contributed by atoms with Gasteiger partial charge in [-0.15, -0.1) is 0 Å². The smallest absolute Gasteiger partial charge is 0.251 e. The minimum Gasteiger partial charge on any atom is -0.494 e. The predicted octanol–water partition coefficient (Wildman–Crippen LogP) is 6.00. The maximum Gasteiger partial charge on any atom is 0.251 e. The summed E-state index contributed by atoms with van der Waals surface area (Å²) in [6, 6.07) is 14.7. The lowest BCUT2D eigenvalue weighted by Gasteiger charge is -2.35. The van der Waals surface area contributed by atoms with Gasteiger partial charge in [-0.2, -0.15) is 0 Å². The molecule has 1 aliphatic heterocycles. The molecule has 2 aromatic heterocycles. The molecule has 0 spiro atoms. The van der Waals surface area contributed by atoms with Gasteiger partial charge in [0.25, 0.3) is 5.91 Å². The summed E-state index contributed by atoms with van der Waals surface area (Å²) in [7, 11) is 0. The van der Waals surface area contributed by atoms with Crippen molar-refractivity contribution in [2.45, 2.75) is 52.0 Å². The molecule has 184 valence electrons. The summed E-state index contributed by atoms with van der Waals surface area (Å²) in [5.41, 5.74) is 3.77. The van der Waals surface area contributed by atoms with Crippen molar-refractivity contribution in [3.63, 3.8) is 0 Å². The molecule has 3 heterocycles. The lowest BCUT2D eigenvalue weighted by atomic mass is 10.00. The van der Waals surface area contributed by atoms with E-state index in [4.69, 9.17) is 9.72 Å². The van der Waals surface area contributed by atoms with E-state index in [9.17, 15) is 4.79 Å². The maximum absolute atomic E-state index is 12.8. The summed E-state index contributed by atoms with van der Waals surface area (Å²) >= 11 is 1.61. The van der Waals surface area contributed by atoms with Gasteiger partial charge in [0, 0.05) is 36.5 Å². The Bertz CT molecular complexity index is 1290. The number of imidazole rings is 1. The number of hydrogen-bond acceptors (Lipinski definition) is 5. The van der Waals surface area contributed by atoms with Crippen LogP contribution < -0.4 is 10.1 Å². The third kappa shape index (κ3) is 5.21. The minimum absolute atomic E-state index is 0.00120. The van der Waals surface area contributed by atoms with Crippen LogP contribution in [-0.4, -0.2) is 52.5 Å². The van der Waals surface area contributed by atoms with Crippen LogP contribution in [0.25, 0.3) is 26.4 Å². The van der Waals surface area contributed by atoms with E-state index in [2.05, 4.69) is 27.7 Å². The van der Waals surface area contributed by atoms with Crippen LogP contribution in [0.3, 0.4) is 0 Å². The van der Waals surface area contributed by atoms with Crippen LogP contribution in [0.5, 0.6) is 5.75 Å². The highest BCUT2D eigenvalue weighted by Gasteiger charge is 2.20. The molecule has 1 N–H and O–H groups in total. The van der Waals surface area contributed by atoms with Gasteiger partial charge in [-0.3, -0.25) is 9.20 Å². The molecule has 1 atom stereocenters. The number of benzene rings is 2. The molecular weight excluding hydrogens is 456 g/mol. The quantitative estimate of drug-likeness (QED) is 0.292. The molecule has 1 fully saturated rings. The number of piperidine rings is 1. The van der Waals surface area contributed by atoms with Gasteiger partial charge in [0.2, 0.25) is 0 Å². The van der Waals surface area contributed by atoms with E-state index in [1.807, 2.05) is 49.4 Å². The first-order valence-electron chi connectivity index (χ1n) is 12.8. The second kappa shape index (κ2) is 10.8. The van der Waals surface area contributed by atoms with E-state index in [-0.39, 0.29) is 5.91 Å². The molecule has 0 bridgehead atoms. The number of thiazole rings is 1. The van der Waals surface area contributed by atoms with Crippen LogP contribution >= 0.6 is 11.3 Å². The number of likely N-dealkylation sites (tertiary alicyclic amines) is 1. The average Bonchev–Trinajstić information content (AvgIpc) is 3.45. The van der Waals surface area contributed by atoms with Gasteiger partial charge < -0.3 is 15.0 Å². The molecule has 2 aromatic carbocycles. The van der Waals surface area contributed by atoms with E-state index in [0.717, 1.165) is 51.2 Å². The van der Waals surface area contributed by atoms with Crippen LogP contribution in [0, 0.1) is 0 Å². The van der Waals surface area contributed by atoms with Gasteiger partial charge in [0.1, 0.15) is 5.75 Å². The molecule has 0 aliphatic carbocycles. The van der Waals surface area contributed by atoms with Crippen LogP contribution in [-0.2, 0) is 0 Å². The minimum atomic E-state index is -0.00120. The Morgan fingerprint density at radius 1 is 1.17 bits per heavy atom. The fourth-order valence-corrected chi connectivity index (χ4v) is 6.12. The zero-order chi connectivity index (χ0) is 24.2. The number of ether oxygens (including phenoxy) is 1. The van der Waals surface area contributed by atoms with Crippen molar-refractivity contribution >= 4 is 32.4 Å². The lowest BCUT2D eigenvalue weighted by molar-refractivity contribution is 0.0947. The highest BCUT2D eigenvalue weighted by molar-refractivity contribution is 7.23. The third-order valence-corrected chi connectivity index (χ3v) is 7.96. The second-order valence-corrected chi connectivity index (χ2v) is 10.2. The molecular formula is C28H34N4O2S. The summed E-state index contributed by atoms with van der Waals surface area (Å²) in [6.07, 6.45) is 8.24. The Morgan fingerprint density at radius 3 is 2.83 bits per heavy atom. The first-order valence-corrected chi connectivity index (χ1v) is 13.6. The highest BCUT2D eigenvalue weighted by atomic mass is 32.1.